The molecule has 0 unspecified atom stereocenters. The lowest BCUT2D eigenvalue weighted by atomic mass is 9.85. The van der Waals surface area contributed by atoms with Gasteiger partial charge in [-0.3, -0.25) is 4.79 Å². The Morgan fingerprint density at radius 3 is 2.19 bits per heavy atom. The number of halogens is 1. The number of hydrogen-bond acceptors (Lipinski definition) is 5. The Hall–Kier alpha value is -4.13. The van der Waals surface area contributed by atoms with Crippen molar-refractivity contribution in [3.8, 4) is 11.5 Å². The molecule has 0 aliphatic rings. The van der Waals surface area contributed by atoms with Crippen molar-refractivity contribution < 1.29 is 19.4 Å². The molecule has 0 atom stereocenters. The van der Waals surface area contributed by atoms with Crippen LogP contribution in [0.2, 0.25) is 5.02 Å². The van der Waals surface area contributed by atoms with Gasteiger partial charge in [-0.1, -0.05) is 84.4 Å². The second kappa shape index (κ2) is 12.2. The third-order valence-corrected chi connectivity index (χ3v) is 5.88. The summed E-state index contributed by atoms with van der Waals surface area (Å²) >= 11 is 6.06. The predicted octanol–water partition coefficient (Wildman–Crippen LogP) is 5.70. The minimum absolute atomic E-state index is 0.335. The number of hydrazone groups is 1. The maximum Gasteiger partial charge on any atom is 0.281 e. The maximum atomic E-state index is 13.2. The van der Waals surface area contributed by atoms with E-state index in [1.165, 1.54) is 6.21 Å². The van der Waals surface area contributed by atoms with Crippen molar-refractivity contribution in [3.63, 3.8) is 0 Å². The van der Waals surface area contributed by atoms with Crippen LogP contribution in [0.25, 0.3) is 0 Å². The van der Waals surface area contributed by atoms with Crippen molar-refractivity contribution in [1.82, 2.24) is 5.43 Å². The predicted molar refractivity (Wildman–Crippen MR) is 145 cm³/mol. The van der Waals surface area contributed by atoms with Crippen molar-refractivity contribution >= 4 is 23.7 Å². The number of hydrogen-bond donors (Lipinski definition) is 2. The molecule has 4 aromatic rings. The van der Waals surface area contributed by atoms with Crippen molar-refractivity contribution in [1.29, 1.82) is 0 Å². The van der Waals surface area contributed by atoms with E-state index in [4.69, 9.17) is 21.1 Å². The highest BCUT2D eigenvalue weighted by molar-refractivity contribution is 6.30. The summed E-state index contributed by atoms with van der Waals surface area (Å²) in [5.41, 5.74) is 3.07. The van der Waals surface area contributed by atoms with Gasteiger partial charge in [-0.15, -0.1) is 0 Å². The Bertz CT molecular complexity index is 1320. The summed E-state index contributed by atoms with van der Waals surface area (Å²) in [5, 5.41) is 16.3. The molecule has 0 aliphatic carbocycles. The van der Waals surface area contributed by atoms with Gasteiger partial charge >= 0.3 is 0 Å². The summed E-state index contributed by atoms with van der Waals surface area (Å²) < 4.78 is 11.7. The lowest BCUT2D eigenvalue weighted by Gasteiger charge is -2.27. The molecule has 1 amide bonds. The molecule has 0 saturated carbocycles. The minimum atomic E-state index is -1.91. The fraction of sp³-hybridized carbons (Fsp3) is 0.133. The smallest absolute Gasteiger partial charge is 0.281 e. The van der Waals surface area contributed by atoms with E-state index in [2.05, 4.69) is 10.5 Å². The molecule has 0 saturated heterocycles. The van der Waals surface area contributed by atoms with Crippen LogP contribution in [0.1, 0.15) is 29.2 Å². The van der Waals surface area contributed by atoms with Crippen molar-refractivity contribution in [2.75, 3.05) is 6.61 Å². The van der Waals surface area contributed by atoms with Crippen LogP contribution in [0.5, 0.6) is 11.5 Å². The van der Waals surface area contributed by atoms with Gasteiger partial charge in [0.05, 0.1) is 12.8 Å². The number of carbonyl (C=O) groups is 1. The highest BCUT2D eigenvalue weighted by Crippen LogP contribution is 2.31. The summed E-state index contributed by atoms with van der Waals surface area (Å²) in [6.45, 7) is 2.67. The van der Waals surface area contributed by atoms with Gasteiger partial charge in [-0.05, 0) is 59.5 Å². The van der Waals surface area contributed by atoms with Gasteiger partial charge in [-0.2, -0.15) is 5.10 Å². The number of nitrogens with one attached hydrogen (secondary N) is 1. The molecule has 0 radical (unpaired) electrons. The van der Waals surface area contributed by atoms with Gasteiger partial charge in [0.1, 0.15) is 6.61 Å². The van der Waals surface area contributed by atoms with E-state index in [0.717, 1.165) is 5.56 Å². The van der Waals surface area contributed by atoms with E-state index in [1.54, 1.807) is 66.7 Å². The van der Waals surface area contributed by atoms with Crippen LogP contribution < -0.4 is 14.9 Å². The summed E-state index contributed by atoms with van der Waals surface area (Å²) in [6.07, 6.45) is 1.48. The highest BCUT2D eigenvalue weighted by Gasteiger charge is 2.39. The number of aliphatic hydroxyl groups is 1. The first-order valence-electron chi connectivity index (χ1n) is 11.8. The topological polar surface area (TPSA) is 80.2 Å². The van der Waals surface area contributed by atoms with Crippen LogP contribution in [0, 0.1) is 0 Å². The Balaban J connectivity index is 1.50. The minimum Gasteiger partial charge on any atom is -0.490 e. The van der Waals surface area contributed by atoms with Crippen LogP contribution in [0.15, 0.2) is 108 Å². The summed E-state index contributed by atoms with van der Waals surface area (Å²) in [7, 11) is 0. The largest absolute Gasteiger partial charge is 0.490 e. The van der Waals surface area contributed by atoms with Gasteiger partial charge in [-0.25, -0.2) is 5.43 Å². The van der Waals surface area contributed by atoms with Crippen molar-refractivity contribution in [3.05, 3.63) is 130 Å². The Morgan fingerprint density at radius 1 is 0.892 bits per heavy atom. The number of nitrogens with zero attached hydrogens (tertiary/aromatic N) is 1. The quantitative estimate of drug-likeness (QED) is 0.210. The number of amides is 1. The van der Waals surface area contributed by atoms with E-state index < -0.39 is 11.5 Å². The van der Waals surface area contributed by atoms with E-state index in [-0.39, 0.29) is 0 Å². The molecule has 0 heterocycles. The second-order valence-corrected chi connectivity index (χ2v) is 8.64. The molecule has 0 spiro atoms. The second-order valence-electron chi connectivity index (χ2n) is 8.20. The van der Waals surface area contributed by atoms with Gasteiger partial charge < -0.3 is 14.6 Å². The normalized spacial score (nSPS) is 11.3. The molecule has 0 bridgehead atoms. The molecule has 4 rings (SSSR count). The number of benzene rings is 4. The average Bonchev–Trinajstić information content (AvgIpc) is 2.93. The maximum absolute atomic E-state index is 13.2. The molecule has 37 heavy (non-hydrogen) atoms. The lowest BCUT2D eigenvalue weighted by molar-refractivity contribution is -0.136. The standard InChI is InChI=1S/C30H27ClN2O4/c1-2-36-28-19-22(16-17-27(28)37-21-23-10-9-15-26(31)18-23)20-32-33-29(34)30(35,24-11-5-3-6-12-24)25-13-7-4-8-14-25/h3-20,35H,2,21H2,1H3,(H,33,34)/b32-20-. The van der Waals surface area contributed by atoms with Crippen LogP contribution in [0.4, 0.5) is 0 Å². The van der Waals surface area contributed by atoms with Crippen molar-refractivity contribution in [2.45, 2.75) is 19.1 Å². The molecule has 0 fully saturated rings. The molecule has 2 N–H and O–H groups in total. The molecule has 4 aromatic carbocycles. The first-order valence-corrected chi connectivity index (χ1v) is 12.2. The Kier molecular flexibility index (Phi) is 8.56. The first kappa shape index (κ1) is 25.9. The van der Waals surface area contributed by atoms with Gasteiger partial charge in [0, 0.05) is 5.02 Å². The molecule has 0 aliphatic heterocycles. The number of ether oxygens (including phenoxy) is 2. The summed E-state index contributed by atoms with van der Waals surface area (Å²) in [5.74, 6) is 0.447. The van der Waals surface area contributed by atoms with Crippen LogP contribution in [-0.4, -0.2) is 23.8 Å². The number of rotatable bonds is 10. The zero-order valence-electron chi connectivity index (χ0n) is 20.3. The zero-order chi connectivity index (χ0) is 26.1. The van der Waals surface area contributed by atoms with Crippen molar-refractivity contribution in [2.24, 2.45) is 5.10 Å². The summed E-state index contributed by atoms with van der Waals surface area (Å²) in [6, 6.07) is 30.3. The third kappa shape index (κ3) is 6.36. The summed E-state index contributed by atoms with van der Waals surface area (Å²) in [4.78, 5) is 13.2. The van der Waals surface area contributed by atoms with Gasteiger partial charge in [0.15, 0.2) is 17.1 Å². The Labute approximate surface area is 221 Å². The van der Waals surface area contributed by atoms with E-state index in [1.807, 2.05) is 43.3 Å². The molecule has 6 nitrogen and oxygen atoms in total. The van der Waals surface area contributed by atoms with Crippen LogP contribution >= 0.6 is 11.6 Å². The highest BCUT2D eigenvalue weighted by atomic mass is 35.5. The molecule has 188 valence electrons. The van der Waals surface area contributed by atoms with E-state index >= 15 is 0 Å². The van der Waals surface area contributed by atoms with Gasteiger partial charge in [0.25, 0.3) is 5.91 Å². The molecule has 7 heteroatoms. The fourth-order valence-corrected chi connectivity index (χ4v) is 4.03. The SMILES string of the molecule is CCOc1cc(/C=N\NC(=O)C(O)(c2ccccc2)c2ccccc2)ccc1OCc1cccc(Cl)c1. The average molecular weight is 515 g/mol. The molecular weight excluding hydrogens is 488 g/mol. The fourth-order valence-electron chi connectivity index (χ4n) is 3.81. The van der Waals surface area contributed by atoms with E-state index in [9.17, 15) is 9.90 Å². The molecular formula is C30H27ClN2O4. The Morgan fingerprint density at radius 2 is 1.57 bits per heavy atom. The number of carbonyl (C=O) groups excluding carboxylic acids is 1. The zero-order valence-corrected chi connectivity index (χ0v) is 21.1. The monoisotopic (exact) mass is 514 g/mol. The van der Waals surface area contributed by atoms with Crippen LogP contribution in [-0.2, 0) is 17.0 Å². The lowest BCUT2D eigenvalue weighted by Crippen LogP contribution is -2.43. The first-order chi connectivity index (χ1) is 18.0. The van der Waals surface area contributed by atoms with Gasteiger partial charge in [0.2, 0.25) is 0 Å². The van der Waals surface area contributed by atoms with E-state index in [0.29, 0.717) is 46.4 Å². The third-order valence-electron chi connectivity index (χ3n) is 5.64. The van der Waals surface area contributed by atoms with Crippen LogP contribution in [0.3, 0.4) is 0 Å². The molecule has 0 aromatic heterocycles.